The van der Waals surface area contributed by atoms with Gasteiger partial charge in [0.2, 0.25) is 0 Å². The first-order chi connectivity index (χ1) is 6.77. The molecule has 1 aromatic carbocycles. The zero-order valence-electron chi connectivity index (χ0n) is 7.09. The Balaban J connectivity index is 2.84. The molecule has 1 heterocycles. The summed E-state index contributed by atoms with van der Waals surface area (Å²) >= 11 is 7.31. The molecule has 0 unspecified atom stereocenters. The van der Waals surface area contributed by atoms with Crippen molar-refractivity contribution in [3.63, 3.8) is 0 Å². The second-order valence-corrected chi connectivity index (χ2v) is 5.45. The normalized spacial score (nSPS) is 10.7. The van der Waals surface area contributed by atoms with E-state index >= 15 is 0 Å². The first-order valence-corrected chi connectivity index (χ1v) is 7.05. The lowest BCUT2D eigenvalue weighted by atomic mass is 10.1. The highest BCUT2D eigenvalue weighted by Gasteiger charge is 2.09. The van der Waals surface area contributed by atoms with Gasteiger partial charge in [0, 0.05) is 29.9 Å². The van der Waals surface area contributed by atoms with Gasteiger partial charge in [-0.05, 0) is 28.2 Å². The van der Waals surface area contributed by atoms with E-state index in [0.29, 0.717) is 0 Å². The minimum absolute atomic E-state index is 0.728. The summed E-state index contributed by atoms with van der Waals surface area (Å²) in [5, 5.41) is 3.99. The third-order valence-electron chi connectivity index (χ3n) is 2.09. The summed E-state index contributed by atoms with van der Waals surface area (Å²) in [6.07, 6.45) is 0.950. The van der Waals surface area contributed by atoms with Crippen molar-refractivity contribution in [3.8, 4) is 0 Å². The number of carbonyl (C=O) groups excluding carboxylic acids is 1. The van der Waals surface area contributed by atoms with Gasteiger partial charge in [-0.1, -0.05) is 28.1 Å². The van der Waals surface area contributed by atoms with Crippen LogP contribution in [0.25, 0.3) is 10.1 Å². The van der Waals surface area contributed by atoms with Crippen LogP contribution in [0.4, 0.5) is 0 Å². The summed E-state index contributed by atoms with van der Waals surface area (Å²) in [4.78, 5) is 11.0. The van der Waals surface area contributed by atoms with E-state index < -0.39 is 0 Å². The quantitative estimate of drug-likeness (QED) is 0.433. The predicted molar refractivity (Wildman–Crippen MR) is 72.6 cm³/mol. The second-order valence-electron chi connectivity index (χ2n) is 2.85. The topological polar surface area (TPSA) is 17.1 Å². The van der Waals surface area contributed by atoms with Gasteiger partial charge in [0.05, 0.1) is 0 Å². The number of carbonyl (C=O) groups is 1. The van der Waals surface area contributed by atoms with Gasteiger partial charge in [0.1, 0.15) is 0 Å². The van der Waals surface area contributed by atoms with E-state index in [1.807, 2.05) is 6.07 Å². The first-order valence-electron chi connectivity index (χ1n) is 3.97. The zero-order valence-corrected chi connectivity index (χ0v) is 11.6. The van der Waals surface area contributed by atoms with Crippen LogP contribution in [0, 0.1) is 3.57 Å². The Morgan fingerprint density at radius 2 is 2.29 bits per heavy atom. The van der Waals surface area contributed by atoms with E-state index in [0.717, 1.165) is 27.4 Å². The van der Waals surface area contributed by atoms with Crippen LogP contribution in [-0.4, -0.2) is 6.29 Å². The van der Waals surface area contributed by atoms with Crippen molar-refractivity contribution in [2.24, 2.45) is 0 Å². The summed E-state index contributed by atoms with van der Waals surface area (Å²) in [6, 6.07) is 4.09. The van der Waals surface area contributed by atoms with Crippen LogP contribution in [0.15, 0.2) is 17.5 Å². The number of rotatable bonds is 2. The lowest BCUT2D eigenvalue weighted by molar-refractivity contribution is 0.112. The molecule has 0 saturated heterocycles. The first kappa shape index (κ1) is 10.6. The highest BCUT2D eigenvalue weighted by Crippen LogP contribution is 2.31. The van der Waals surface area contributed by atoms with Crippen molar-refractivity contribution in [1.29, 1.82) is 0 Å². The van der Waals surface area contributed by atoms with E-state index in [4.69, 9.17) is 0 Å². The van der Waals surface area contributed by atoms with Crippen molar-refractivity contribution in [3.05, 3.63) is 32.2 Å². The molecule has 0 bridgehead atoms. The summed E-state index contributed by atoms with van der Waals surface area (Å²) in [6.45, 7) is 0. The fourth-order valence-electron chi connectivity index (χ4n) is 1.38. The molecule has 0 saturated carbocycles. The Bertz CT molecular complexity index is 492. The molecule has 14 heavy (non-hydrogen) atoms. The number of benzene rings is 1. The Hall–Kier alpha value is 0.0600. The number of halogens is 2. The van der Waals surface area contributed by atoms with Gasteiger partial charge >= 0.3 is 0 Å². The Labute approximate surface area is 108 Å². The van der Waals surface area contributed by atoms with Gasteiger partial charge in [0.15, 0.2) is 6.29 Å². The minimum atomic E-state index is 0.728. The number of hydrogen-bond donors (Lipinski definition) is 0. The standard InChI is InChI=1S/C10H6BrIOS/c11-3-6-1-2-7-9(12)5-14-10(7)8(6)4-13/h1-2,4-5H,3H2. The number of thiophene rings is 1. The monoisotopic (exact) mass is 380 g/mol. The maximum atomic E-state index is 11.0. The molecule has 0 atom stereocenters. The highest BCUT2D eigenvalue weighted by molar-refractivity contribution is 14.1. The van der Waals surface area contributed by atoms with Gasteiger partial charge in [0.25, 0.3) is 0 Å². The van der Waals surface area contributed by atoms with Crippen molar-refractivity contribution < 1.29 is 4.79 Å². The molecular weight excluding hydrogens is 375 g/mol. The molecule has 4 heteroatoms. The summed E-state index contributed by atoms with van der Waals surface area (Å²) < 4.78 is 2.31. The van der Waals surface area contributed by atoms with Crippen molar-refractivity contribution in [1.82, 2.24) is 0 Å². The molecule has 0 aliphatic heterocycles. The third kappa shape index (κ3) is 1.63. The lowest BCUT2D eigenvalue weighted by Crippen LogP contribution is -1.88. The fourth-order valence-corrected chi connectivity index (χ4v) is 3.84. The molecule has 1 aromatic heterocycles. The maximum absolute atomic E-state index is 11.0. The van der Waals surface area contributed by atoms with E-state index in [1.54, 1.807) is 11.3 Å². The SMILES string of the molecule is O=Cc1c(CBr)ccc2c(I)csc12. The van der Waals surface area contributed by atoms with Gasteiger partial charge in [-0.2, -0.15) is 0 Å². The van der Waals surface area contributed by atoms with Gasteiger partial charge in [-0.15, -0.1) is 11.3 Å². The van der Waals surface area contributed by atoms with Gasteiger partial charge in [-0.25, -0.2) is 0 Å². The molecule has 0 spiro atoms. The smallest absolute Gasteiger partial charge is 0.151 e. The molecule has 0 aliphatic carbocycles. The van der Waals surface area contributed by atoms with Gasteiger partial charge < -0.3 is 0 Å². The molecule has 0 fully saturated rings. The van der Waals surface area contributed by atoms with E-state index in [2.05, 4.69) is 50.0 Å². The zero-order chi connectivity index (χ0) is 10.1. The average molecular weight is 381 g/mol. The predicted octanol–water partition coefficient (Wildman–Crippen LogP) is 4.21. The summed E-state index contributed by atoms with van der Waals surface area (Å²) in [5.41, 5.74) is 1.89. The summed E-state index contributed by atoms with van der Waals surface area (Å²) in [5.74, 6) is 0. The number of hydrogen-bond acceptors (Lipinski definition) is 2. The van der Waals surface area contributed by atoms with Crippen LogP contribution in [0.2, 0.25) is 0 Å². The molecule has 2 aromatic rings. The third-order valence-corrected chi connectivity index (χ3v) is 5.03. The fraction of sp³-hybridized carbons (Fsp3) is 0.100. The Morgan fingerprint density at radius 3 is 2.93 bits per heavy atom. The van der Waals surface area contributed by atoms with Crippen molar-refractivity contribution in [2.45, 2.75) is 5.33 Å². The van der Waals surface area contributed by atoms with Crippen molar-refractivity contribution in [2.75, 3.05) is 0 Å². The number of alkyl halides is 1. The molecule has 1 nitrogen and oxygen atoms in total. The number of aldehydes is 1. The van der Waals surface area contributed by atoms with Crippen LogP contribution < -0.4 is 0 Å². The van der Waals surface area contributed by atoms with E-state index in [-0.39, 0.29) is 0 Å². The van der Waals surface area contributed by atoms with Crippen LogP contribution in [-0.2, 0) is 5.33 Å². The minimum Gasteiger partial charge on any atom is -0.298 e. The largest absolute Gasteiger partial charge is 0.298 e. The molecule has 72 valence electrons. The van der Waals surface area contributed by atoms with E-state index in [9.17, 15) is 4.79 Å². The molecule has 0 N–H and O–H groups in total. The second kappa shape index (κ2) is 4.28. The molecule has 0 amide bonds. The molecule has 0 aliphatic rings. The highest BCUT2D eigenvalue weighted by atomic mass is 127. The average Bonchev–Trinajstić information content (AvgIpc) is 2.59. The van der Waals surface area contributed by atoms with Crippen LogP contribution >= 0.6 is 49.9 Å². The molecular formula is C10H6BrIOS. The Morgan fingerprint density at radius 1 is 1.50 bits per heavy atom. The Kier molecular flexibility index (Phi) is 3.23. The van der Waals surface area contributed by atoms with E-state index in [1.165, 1.54) is 8.96 Å². The maximum Gasteiger partial charge on any atom is 0.151 e. The van der Waals surface area contributed by atoms with Crippen LogP contribution in [0.3, 0.4) is 0 Å². The molecule has 2 rings (SSSR count). The van der Waals surface area contributed by atoms with Crippen LogP contribution in [0.5, 0.6) is 0 Å². The summed E-state index contributed by atoms with van der Waals surface area (Å²) in [7, 11) is 0. The van der Waals surface area contributed by atoms with Crippen LogP contribution in [0.1, 0.15) is 15.9 Å². The van der Waals surface area contributed by atoms with Gasteiger partial charge in [-0.3, -0.25) is 4.79 Å². The lowest BCUT2D eigenvalue weighted by Gasteiger charge is -2.01. The number of fused-ring (bicyclic) bond motifs is 1. The molecule has 0 radical (unpaired) electrons. The van der Waals surface area contributed by atoms with Crippen molar-refractivity contribution >= 4 is 66.2 Å².